The van der Waals surface area contributed by atoms with E-state index in [1.807, 2.05) is 37.3 Å². The molecule has 0 spiro atoms. The van der Waals surface area contributed by atoms with Gasteiger partial charge < -0.3 is 4.74 Å². The van der Waals surface area contributed by atoms with Gasteiger partial charge in [0, 0.05) is 6.08 Å². The van der Waals surface area contributed by atoms with Gasteiger partial charge in [0.2, 0.25) is 0 Å². The second-order valence-corrected chi connectivity index (χ2v) is 4.19. The third-order valence-corrected chi connectivity index (χ3v) is 2.61. The first-order valence-corrected chi connectivity index (χ1v) is 5.32. The summed E-state index contributed by atoms with van der Waals surface area (Å²) in [4.78, 5) is 11.1. The van der Waals surface area contributed by atoms with Gasteiger partial charge in [0.15, 0.2) is 0 Å². The summed E-state index contributed by atoms with van der Waals surface area (Å²) < 4.78 is 5.45. The van der Waals surface area contributed by atoms with E-state index >= 15 is 0 Å². The highest BCUT2D eigenvalue weighted by molar-refractivity contribution is 9.12. The van der Waals surface area contributed by atoms with E-state index in [0.717, 1.165) is 5.56 Å². The van der Waals surface area contributed by atoms with Crippen molar-refractivity contribution in [1.29, 1.82) is 0 Å². The maximum atomic E-state index is 11.1. The minimum Gasteiger partial charge on any atom is -0.422 e. The summed E-state index contributed by atoms with van der Waals surface area (Å²) in [6.45, 7) is 2.03. The Balaban J connectivity index is 2.25. The van der Waals surface area contributed by atoms with Crippen molar-refractivity contribution in [1.82, 2.24) is 0 Å². The van der Waals surface area contributed by atoms with Crippen molar-refractivity contribution >= 4 is 28.0 Å². The van der Waals surface area contributed by atoms with E-state index in [-0.39, 0.29) is 5.97 Å². The first-order chi connectivity index (χ1) is 7.15. The van der Waals surface area contributed by atoms with Gasteiger partial charge in [-0.1, -0.05) is 29.8 Å². The molecule has 0 N–H and O–H groups in total. The van der Waals surface area contributed by atoms with Crippen LogP contribution in [0.4, 0.5) is 0 Å². The van der Waals surface area contributed by atoms with Gasteiger partial charge in [0.1, 0.15) is 10.2 Å². The Morgan fingerprint density at radius 1 is 1.27 bits per heavy atom. The van der Waals surface area contributed by atoms with Gasteiger partial charge in [-0.05, 0) is 34.5 Å². The molecule has 0 unspecified atom stereocenters. The van der Waals surface area contributed by atoms with E-state index in [9.17, 15) is 4.79 Å². The van der Waals surface area contributed by atoms with Crippen molar-refractivity contribution < 1.29 is 9.53 Å². The number of hydrogen-bond acceptors (Lipinski definition) is 2. The fraction of sp³-hybridized carbons (Fsp3) is 0.0833. The van der Waals surface area contributed by atoms with Gasteiger partial charge in [-0.15, -0.1) is 0 Å². The molecule has 1 aliphatic heterocycles. The van der Waals surface area contributed by atoms with Crippen LogP contribution in [-0.2, 0) is 9.53 Å². The summed E-state index contributed by atoms with van der Waals surface area (Å²) in [5.41, 5.74) is 2.22. The fourth-order valence-corrected chi connectivity index (χ4v) is 1.57. The number of carbonyl (C=O) groups is 1. The molecule has 0 amide bonds. The Morgan fingerprint density at radius 3 is 2.47 bits per heavy atom. The van der Waals surface area contributed by atoms with Gasteiger partial charge >= 0.3 is 5.97 Å². The number of rotatable bonds is 1. The number of cyclic esters (lactones) is 1. The molecule has 2 nitrogen and oxygen atoms in total. The number of ether oxygens (including phenoxy) is 1. The summed E-state index contributed by atoms with van der Waals surface area (Å²) in [6.07, 6.45) is 3.49. The van der Waals surface area contributed by atoms with Crippen LogP contribution < -0.4 is 0 Å². The van der Waals surface area contributed by atoms with Crippen LogP contribution in [0, 0.1) is 6.92 Å². The first-order valence-electron chi connectivity index (χ1n) is 4.53. The minimum atomic E-state index is -0.339. The Morgan fingerprint density at radius 2 is 1.93 bits per heavy atom. The topological polar surface area (TPSA) is 26.3 Å². The molecule has 1 heterocycles. The smallest absolute Gasteiger partial charge is 0.350 e. The zero-order chi connectivity index (χ0) is 10.8. The molecule has 1 aliphatic rings. The van der Waals surface area contributed by atoms with Crippen molar-refractivity contribution in [2.45, 2.75) is 6.92 Å². The lowest BCUT2D eigenvalue weighted by Gasteiger charge is -1.97. The summed E-state index contributed by atoms with van der Waals surface area (Å²) in [5.74, 6) is 0.226. The monoisotopic (exact) mass is 264 g/mol. The zero-order valence-electron chi connectivity index (χ0n) is 8.16. The molecule has 0 atom stereocenters. The lowest BCUT2D eigenvalue weighted by Crippen LogP contribution is -1.93. The molecule has 0 saturated heterocycles. The third kappa shape index (κ3) is 2.36. The van der Waals surface area contributed by atoms with Crippen molar-refractivity contribution in [2.24, 2.45) is 0 Å². The lowest BCUT2D eigenvalue weighted by molar-refractivity contribution is -0.132. The molecule has 76 valence electrons. The fourth-order valence-electron chi connectivity index (χ4n) is 1.27. The second kappa shape index (κ2) is 4.03. The standard InChI is InChI=1S/C12H9BrO2/c1-8-2-4-9(5-3-8)6-10-7-11(13)12(14)15-10/h2-7H,1H3/b10-6-. The maximum absolute atomic E-state index is 11.1. The SMILES string of the molecule is Cc1ccc(/C=C2/C=C(Br)C(=O)O2)cc1. The molecule has 0 bridgehead atoms. The van der Waals surface area contributed by atoms with Crippen LogP contribution in [0.5, 0.6) is 0 Å². The molecular formula is C12H9BrO2. The third-order valence-electron chi connectivity index (χ3n) is 2.06. The number of aryl methyl sites for hydroxylation is 1. The van der Waals surface area contributed by atoms with Crippen molar-refractivity contribution in [3.8, 4) is 0 Å². The average Bonchev–Trinajstić information content (AvgIpc) is 2.50. The summed E-state index contributed by atoms with van der Waals surface area (Å²) in [6, 6.07) is 8.00. The molecule has 15 heavy (non-hydrogen) atoms. The summed E-state index contributed by atoms with van der Waals surface area (Å²) in [5, 5.41) is 0. The van der Waals surface area contributed by atoms with Crippen LogP contribution in [0.3, 0.4) is 0 Å². The lowest BCUT2D eigenvalue weighted by atomic mass is 10.1. The summed E-state index contributed by atoms with van der Waals surface area (Å²) in [7, 11) is 0. The molecule has 0 fully saturated rings. The first kappa shape index (κ1) is 10.2. The Bertz CT molecular complexity index is 455. The highest BCUT2D eigenvalue weighted by atomic mass is 79.9. The van der Waals surface area contributed by atoms with Crippen molar-refractivity contribution in [3.63, 3.8) is 0 Å². The molecule has 0 saturated carbocycles. The van der Waals surface area contributed by atoms with Gasteiger partial charge in [0.05, 0.1) is 0 Å². The number of benzene rings is 1. The quantitative estimate of drug-likeness (QED) is 0.729. The molecule has 3 heteroatoms. The van der Waals surface area contributed by atoms with E-state index in [4.69, 9.17) is 4.74 Å². The van der Waals surface area contributed by atoms with E-state index < -0.39 is 0 Å². The van der Waals surface area contributed by atoms with Crippen LogP contribution in [-0.4, -0.2) is 5.97 Å². The highest BCUT2D eigenvalue weighted by Gasteiger charge is 2.17. The predicted octanol–water partition coefficient (Wildman–Crippen LogP) is 3.17. The number of allylic oxidation sites excluding steroid dienone is 1. The molecular weight excluding hydrogens is 256 g/mol. The van der Waals surface area contributed by atoms with Crippen LogP contribution in [0.25, 0.3) is 6.08 Å². The van der Waals surface area contributed by atoms with Gasteiger partial charge in [-0.3, -0.25) is 0 Å². The van der Waals surface area contributed by atoms with E-state index in [1.54, 1.807) is 6.08 Å². The average molecular weight is 265 g/mol. The Labute approximate surface area is 96.4 Å². The van der Waals surface area contributed by atoms with Crippen molar-refractivity contribution in [2.75, 3.05) is 0 Å². The van der Waals surface area contributed by atoms with Gasteiger partial charge in [0.25, 0.3) is 0 Å². The maximum Gasteiger partial charge on any atom is 0.350 e. The molecule has 0 aliphatic carbocycles. The predicted molar refractivity (Wildman–Crippen MR) is 62.3 cm³/mol. The number of carbonyl (C=O) groups excluding carboxylic acids is 1. The molecule has 0 aromatic heterocycles. The van der Waals surface area contributed by atoms with E-state index in [2.05, 4.69) is 15.9 Å². The van der Waals surface area contributed by atoms with Crippen LogP contribution in [0.1, 0.15) is 11.1 Å². The minimum absolute atomic E-state index is 0.339. The van der Waals surface area contributed by atoms with Gasteiger partial charge in [-0.25, -0.2) is 4.79 Å². The zero-order valence-corrected chi connectivity index (χ0v) is 9.74. The summed E-state index contributed by atoms with van der Waals surface area (Å²) >= 11 is 3.11. The number of hydrogen-bond donors (Lipinski definition) is 0. The van der Waals surface area contributed by atoms with Crippen molar-refractivity contribution in [3.05, 3.63) is 51.7 Å². The van der Waals surface area contributed by atoms with Crippen LogP contribution in [0.2, 0.25) is 0 Å². The molecule has 1 aromatic rings. The number of halogens is 1. The molecule has 1 aromatic carbocycles. The largest absolute Gasteiger partial charge is 0.422 e. The highest BCUT2D eigenvalue weighted by Crippen LogP contribution is 2.23. The Hall–Kier alpha value is -1.35. The molecule has 0 radical (unpaired) electrons. The normalized spacial score (nSPS) is 17.9. The van der Waals surface area contributed by atoms with E-state index in [1.165, 1.54) is 5.56 Å². The molecule has 2 rings (SSSR count). The second-order valence-electron chi connectivity index (χ2n) is 3.34. The van der Waals surface area contributed by atoms with E-state index in [0.29, 0.717) is 10.2 Å². The van der Waals surface area contributed by atoms with Gasteiger partial charge in [-0.2, -0.15) is 0 Å². The van der Waals surface area contributed by atoms with Crippen LogP contribution >= 0.6 is 15.9 Å². The van der Waals surface area contributed by atoms with Crippen LogP contribution in [0.15, 0.2) is 40.6 Å². The number of esters is 1. The Kier molecular flexibility index (Phi) is 2.73.